The van der Waals surface area contributed by atoms with Crippen LogP contribution >= 0.6 is 0 Å². The Hall–Kier alpha value is -1.03. The average molecular weight is 173 g/mol. The minimum atomic E-state index is -3.14. The summed E-state index contributed by atoms with van der Waals surface area (Å²) in [6.45, 7) is 3.35. The molecule has 0 aromatic carbocycles. The topological polar surface area (TPSA) is 60.2 Å². The number of nitrogens with two attached hydrogens (primary N) is 1. The van der Waals surface area contributed by atoms with E-state index in [1.54, 1.807) is 0 Å². The lowest BCUT2D eigenvalue weighted by Gasteiger charge is -1.91. The van der Waals surface area contributed by atoms with Gasteiger partial charge in [0.2, 0.25) is 0 Å². The van der Waals surface area contributed by atoms with Gasteiger partial charge >= 0.3 is 0 Å². The first kappa shape index (κ1) is 9.97. The molecule has 2 N–H and O–H groups in total. The van der Waals surface area contributed by atoms with Gasteiger partial charge in [-0.25, -0.2) is 8.42 Å². The van der Waals surface area contributed by atoms with E-state index in [-0.39, 0.29) is 4.91 Å². The molecule has 0 aliphatic carbocycles. The van der Waals surface area contributed by atoms with E-state index in [1.165, 1.54) is 24.4 Å². The molecule has 0 radical (unpaired) electrons. The predicted molar refractivity (Wildman–Crippen MR) is 46.5 cm³/mol. The Morgan fingerprint density at radius 3 is 2.36 bits per heavy atom. The summed E-state index contributed by atoms with van der Waals surface area (Å²) in [6.07, 6.45) is 6.84. The van der Waals surface area contributed by atoms with Crippen molar-refractivity contribution < 1.29 is 8.42 Å². The lowest BCUT2D eigenvalue weighted by molar-refractivity contribution is 0.608. The number of hydrogen-bond acceptors (Lipinski definition) is 3. The molecule has 0 unspecified atom stereocenters. The molecule has 0 saturated heterocycles. The Bertz CT molecular complexity index is 286. The van der Waals surface area contributed by atoms with Crippen LogP contribution in [0.25, 0.3) is 0 Å². The van der Waals surface area contributed by atoms with Gasteiger partial charge in [0.1, 0.15) is 0 Å². The summed E-state index contributed by atoms with van der Waals surface area (Å²) >= 11 is 0. The predicted octanol–water partition coefficient (Wildman–Crippen LogP) is 0.573. The molecule has 0 rings (SSSR count). The van der Waals surface area contributed by atoms with Crippen LogP contribution in [0.2, 0.25) is 0 Å². The van der Waals surface area contributed by atoms with E-state index in [0.717, 1.165) is 6.26 Å². The molecule has 0 bridgehead atoms. The van der Waals surface area contributed by atoms with Crippen molar-refractivity contribution in [2.75, 3.05) is 6.26 Å². The van der Waals surface area contributed by atoms with Gasteiger partial charge in [0, 0.05) is 6.26 Å². The number of rotatable bonds is 3. The van der Waals surface area contributed by atoms with Gasteiger partial charge < -0.3 is 5.73 Å². The summed E-state index contributed by atoms with van der Waals surface area (Å²) in [5.74, 6) is 0. The highest BCUT2D eigenvalue weighted by Crippen LogP contribution is 2.01. The van der Waals surface area contributed by atoms with E-state index in [1.807, 2.05) is 0 Å². The Labute approximate surface area is 66.8 Å². The highest BCUT2D eigenvalue weighted by Gasteiger charge is 2.02. The van der Waals surface area contributed by atoms with Crippen molar-refractivity contribution in [3.05, 3.63) is 35.9 Å². The first-order valence-electron chi connectivity index (χ1n) is 2.92. The third kappa shape index (κ3) is 4.38. The zero-order valence-electron chi connectivity index (χ0n) is 6.32. The quantitative estimate of drug-likeness (QED) is 0.635. The van der Waals surface area contributed by atoms with Crippen molar-refractivity contribution in [3.8, 4) is 0 Å². The second-order valence-electron chi connectivity index (χ2n) is 1.98. The molecule has 3 nitrogen and oxygen atoms in total. The first-order chi connectivity index (χ1) is 4.98. The maximum absolute atomic E-state index is 10.7. The van der Waals surface area contributed by atoms with Gasteiger partial charge in [0.05, 0.1) is 4.91 Å². The minimum Gasteiger partial charge on any atom is -0.405 e. The van der Waals surface area contributed by atoms with Crippen LogP contribution in [0.3, 0.4) is 0 Å². The van der Waals surface area contributed by atoms with Gasteiger partial charge in [0.15, 0.2) is 9.84 Å². The standard InChI is InChI=1S/C7H11NO2S/c1-7(11(2,9)10)5-3-4-6-8/h3-6H,1,8H2,2H3/b5-3-,6-4-. The van der Waals surface area contributed by atoms with Crippen LogP contribution in [-0.4, -0.2) is 14.7 Å². The molecule has 0 heterocycles. The van der Waals surface area contributed by atoms with Crippen LogP contribution in [0.4, 0.5) is 0 Å². The molecule has 11 heavy (non-hydrogen) atoms. The van der Waals surface area contributed by atoms with Crippen LogP contribution in [0.1, 0.15) is 0 Å². The SMILES string of the molecule is C=C(/C=C\C=C/N)S(C)(=O)=O. The van der Waals surface area contributed by atoms with E-state index in [4.69, 9.17) is 5.73 Å². The zero-order chi connectivity index (χ0) is 8.91. The Morgan fingerprint density at radius 2 is 2.00 bits per heavy atom. The van der Waals surface area contributed by atoms with Gasteiger partial charge in [-0.05, 0) is 18.4 Å². The minimum absolute atomic E-state index is 0.0793. The highest BCUT2D eigenvalue weighted by atomic mass is 32.2. The Balaban J connectivity index is 4.33. The molecule has 4 heteroatoms. The number of sulfone groups is 1. The summed E-state index contributed by atoms with van der Waals surface area (Å²) in [6, 6.07) is 0. The van der Waals surface area contributed by atoms with Gasteiger partial charge in [-0.15, -0.1) is 0 Å². The summed E-state index contributed by atoms with van der Waals surface area (Å²) in [5.41, 5.74) is 5.01. The van der Waals surface area contributed by atoms with Crippen molar-refractivity contribution in [2.45, 2.75) is 0 Å². The van der Waals surface area contributed by atoms with Crippen molar-refractivity contribution in [1.29, 1.82) is 0 Å². The largest absolute Gasteiger partial charge is 0.405 e. The Morgan fingerprint density at radius 1 is 1.45 bits per heavy atom. The normalized spacial score (nSPS) is 12.8. The summed E-state index contributed by atoms with van der Waals surface area (Å²) in [4.78, 5) is 0.0793. The molecule has 0 spiro atoms. The molecule has 0 fully saturated rings. The third-order valence-electron chi connectivity index (χ3n) is 0.981. The van der Waals surface area contributed by atoms with Crippen molar-refractivity contribution in [2.24, 2.45) is 5.73 Å². The van der Waals surface area contributed by atoms with E-state index in [9.17, 15) is 8.42 Å². The first-order valence-corrected chi connectivity index (χ1v) is 4.81. The molecule has 62 valence electrons. The highest BCUT2D eigenvalue weighted by molar-refractivity contribution is 7.94. The van der Waals surface area contributed by atoms with Crippen molar-refractivity contribution in [1.82, 2.24) is 0 Å². The van der Waals surface area contributed by atoms with Crippen LogP contribution in [0, 0.1) is 0 Å². The third-order valence-corrected chi connectivity index (χ3v) is 2.07. The van der Waals surface area contributed by atoms with E-state index < -0.39 is 9.84 Å². The zero-order valence-corrected chi connectivity index (χ0v) is 7.14. The fourth-order valence-electron chi connectivity index (χ4n) is 0.351. The molecule has 0 amide bonds. The molecule has 0 aliphatic heterocycles. The fraction of sp³-hybridized carbons (Fsp3) is 0.143. The van der Waals surface area contributed by atoms with Crippen LogP contribution in [-0.2, 0) is 9.84 Å². The lowest BCUT2D eigenvalue weighted by atomic mass is 10.5. The second-order valence-corrected chi connectivity index (χ2v) is 4.05. The average Bonchev–Trinajstić information content (AvgIpc) is 1.86. The smallest absolute Gasteiger partial charge is 0.174 e. The molecule has 0 aliphatic rings. The lowest BCUT2D eigenvalue weighted by Crippen LogP contribution is -1.95. The van der Waals surface area contributed by atoms with Gasteiger partial charge in [-0.2, -0.15) is 0 Å². The monoisotopic (exact) mass is 173 g/mol. The Kier molecular flexibility index (Phi) is 3.60. The van der Waals surface area contributed by atoms with Crippen molar-refractivity contribution in [3.63, 3.8) is 0 Å². The fourth-order valence-corrected chi connectivity index (χ4v) is 0.676. The van der Waals surface area contributed by atoms with Gasteiger partial charge in [-0.3, -0.25) is 0 Å². The molecule has 0 aromatic heterocycles. The van der Waals surface area contributed by atoms with Gasteiger partial charge in [-0.1, -0.05) is 12.7 Å². The van der Waals surface area contributed by atoms with Gasteiger partial charge in [0.25, 0.3) is 0 Å². The molecule has 0 atom stereocenters. The molecule has 0 saturated carbocycles. The summed E-state index contributed by atoms with van der Waals surface area (Å²) in [7, 11) is -3.14. The van der Waals surface area contributed by atoms with Crippen LogP contribution in [0.15, 0.2) is 35.9 Å². The number of allylic oxidation sites excluding steroid dienone is 3. The molecular formula is C7H11NO2S. The summed E-state index contributed by atoms with van der Waals surface area (Å²) < 4.78 is 21.4. The molecule has 0 aromatic rings. The maximum Gasteiger partial charge on any atom is 0.174 e. The van der Waals surface area contributed by atoms with E-state index in [0.29, 0.717) is 0 Å². The number of hydrogen-bond donors (Lipinski definition) is 1. The van der Waals surface area contributed by atoms with Crippen LogP contribution in [0.5, 0.6) is 0 Å². The maximum atomic E-state index is 10.7. The van der Waals surface area contributed by atoms with E-state index in [2.05, 4.69) is 6.58 Å². The molecular weight excluding hydrogens is 162 g/mol. The van der Waals surface area contributed by atoms with Crippen molar-refractivity contribution >= 4 is 9.84 Å². The summed E-state index contributed by atoms with van der Waals surface area (Å²) in [5, 5.41) is 0. The second kappa shape index (κ2) is 3.98. The van der Waals surface area contributed by atoms with E-state index >= 15 is 0 Å². The van der Waals surface area contributed by atoms with Crippen LogP contribution < -0.4 is 5.73 Å².